The molecule has 0 radical (unpaired) electrons. The third-order valence-electron chi connectivity index (χ3n) is 5.44. The highest BCUT2D eigenvalue weighted by Crippen LogP contribution is 2.32. The first-order valence-corrected chi connectivity index (χ1v) is 10.5. The Kier molecular flexibility index (Phi) is 4.54. The summed E-state index contributed by atoms with van der Waals surface area (Å²) in [5.74, 6) is 0.474. The maximum atomic E-state index is 11.4. The molecule has 0 unspecified atom stereocenters. The molecule has 0 aliphatic carbocycles. The van der Waals surface area contributed by atoms with Gasteiger partial charge in [0.25, 0.3) is 0 Å². The molecular formula is C24H17N9O. The van der Waals surface area contributed by atoms with Crippen LogP contribution in [0.3, 0.4) is 0 Å². The molecular weight excluding hydrogens is 430 g/mol. The van der Waals surface area contributed by atoms with E-state index in [1.54, 1.807) is 37.2 Å². The maximum absolute atomic E-state index is 11.4. The lowest BCUT2D eigenvalue weighted by atomic mass is 10.0. The van der Waals surface area contributed by atoms with E-state index in [-0.39, 0.29) is 5.91 Å². The lowest BCUT2D eigenvalue weighted by Crippen LogP contribution is -2.05. The Labute approximate surface area is 192 Å². The molecule has 0 aliphatic rings. The molecule has 6 rings (SSSR count). The van der Waals surface area contributed by atoms with Crippen molar-refractivity contribution in [2.45, 2.75) is 6.92 Å². The Morgan fingerprint density at radius 3 is 2.53 bits per heavy atom. The van der Waals surface area contributed by atoms with E-state index in [2.05, 4.69) is 40.4 Å². The number of fused-ring (bicyclic) bond motifs is 2. The van der Waals surface area contributed by atoms with Crippen molar-refractivity contribution in [2.75, 3.05) is 5.32 Å². The van der Waals surface area contributed by atoms with Gasteiger partial charge in [-0.2, -0.15) is 5.10 Å². The Morgan fingerprint density at radius 1 is 0.853 bits per heavy atom. The second kappa shape index (κ2) is 7.85. The number of aromatic nitrogens is 8. The van der Waals surface area contributed by atoms with Crippen LogP contribution in [0.25, 0.3) is 55.7 Å². The summed E-state index contributed by atoms with van der Waals surface area (Å²) in [7, 11) is 0. The van der Waals surface area contributed by atoms with Gasteiger partial charge in [0.1, 0.15) is 17.5 Å². The number of imidazole rings is 1. The first kappa shape index (κ1) is 19.7. The fourth-order valence-electron chi connectivity index (χ4n) is 3.94. The van der Waals surface area contributed by atoms with Gasteiger partial charge in [0.05, 0.1) is 29.1 Å². The molecule has 6 aromatic rings. The van der Waals surface area contributed by atoms with Crippen LogP contribution in [0.5, 0.6) is 0 Å². The molecule has 0 spiro atoms. The normalized spacial score (nSPS) is 11.2. The van der Waals surface area contributed by atoms with Crippen LogP contribution < -0.4 is 5.32 Å². The quantitative estimate of drug-likeness (QED) is 0.371. The van der Waals surface area contributed by atoms with Crippen molar-refractivity contribution in [3.8, 4) is 33.8 Å². The van der Waals surface area contributed by atoms with Gasteiger partial charge in [0, 0.05) is 53.8 Å². The first-order valence-electron chi connectivity index (χ1n) is 10.5. The van der Waals surface area contributed by atoms with Crippen LogP contribution >= 0.6 is 0 Å². The monoisotopic (exact) mass is 447 g/mol. The number of carbonyl (C=O) groups is 1. The molecule has 34 heavy (non-hydrogen) atoms. The fourth-order valence-corrected chi connectivity index (χ4v) is 3.94. The van der Waals surface area contributed by atoms with Crippen LogP contribution in [0, 0.1) is 0 Å². The van der Waals surface area contributed by atoms with E-state index >= 15 is 0 Å². The summed E-state index contributed by atoms with van der Waals surface area (Å²) in [6, 6.07) is 7.86. The van der Waals surface area contributed by atoms with E-state index < -0.39 is 0 Å². The molecule has 5 heterocycles. The SMILES string of the molecule is CC(=O)Nc1cncc(-c2ccc3[nH]nc(-c4nc5c(-c6cncnc6)cncc5[nH]4)c3c2)c1. The van der Waals surface area contributed by atoms with Gasteiger partial charge in [-0.15, -0.1) is 0 Å². The fraction of sp³-hybridized carbons (Fsp3) is 0.0417. The van der Waals surface area contributed by atoms with Gasteiger partial charge >= 0.3 is 0 Å². The van der Waals surface area contributed by atoms with Crippen LogP contribution in [0.1, 0.15) is 6.92 Å². The molecule has 0 fully saturated rings. The number of hydrogen-bond donors (Lipinski definition) is 3. The molecule has 1 amide bonds. The number of aromatic amines is 2. The first-order chi connectivity index (χ1) is 16.7. The number of amides is 1. The van der Waals surface area contributed by atoms with Crippen molar-refractivity contribution in [1.82, 2.24) is 40.1 Å². The summed E-state index contributed by atoms with van der Waals surface area (Å²) >= 11 is 0. The number of anilines is 1. The smallest absolute Gasteiger partial charge is 0.221 e. The van der Waals surface area contributed by atoms with E-state index in [4.69, 9.17) is 4.98 Å². The van der Waals surface area contributed by atoms with Gasteiger partial charge in [-0.1, -0.05) is 6.07 Å². The van der Waals surface area contributed by atoms with Gasteiger partial charge in [0.2, 0.25) is 5.91 Å². The van der Waals surface area contributed by atoms with Gasteiger partial charge < -0.3 is 10.3 Å². The van der Waals surface area contributed by atoms with Crippen molar-refractivity contribution >= 4 is 33.5 Å². The molecule has 1 aromatic carbocycles. The number of pyridine rings is 2. The van der Waals surface area contributed by atoms with E-state index in [0.29, 0.717) is 17.2 Å². The largest absolute Gasteiger partial charge is 0.335 e. The Hall–Kier alpha value is -4.99. The van der Waals surface area contributed by atoms with E-state index in [1.807, 2.05) is 24.3 Å². The average molecular weight is 447 g/mol. The predicted molar refractivity (Wildman–Crippen MR) is 128 cm³/mol. The van der Waals surface area contributed by atoms with Crippen molar-refractivity contribution in [3.05, 3.63) is 67.8 Å². The molecule has 3 N–H and O–H groups in total. The van der Waals surface area contributed by atoms with Crippen LogP contribution in [0.2, 0.25) is 0 Å². The summed E-state index contributed by atoms with van der Waals surface area (Å²) in [5, 5.41) is 11.3. The summed E-state index contributed by atoms with van der Waals surface area (Å²) in [6.45, 7) is 1.47. The van der Waals surface area contributed by atoms with Gasteiger partial charge in [-0.05, 0) is 23.8 Å². The standard InChI is InChI=1S/C24H17N9O/c1-13(34)29-17-4-15(6-25-9-17)14-2-3-20-18(5-14)23(33-32-20)24-30-21-11-26-10-19(22(21)31-24)16-7-27-12-28-8-16/h2-12H,1H3,(H,29,34)(H,30,31)(H,32,33). The Balaban J connectivity index is 1.46. The van der Waals surface area contributed by atoms with Gasteiger partial charge in [0.15, 0.2) is 5.82 Å². The third kappa shape index (κ3) is 3.43. The predicted octanol–water partition coefficient (Wildman–Crippen LogP) is 3.98. The molecule has 0 atom stereocenters. The zero-order valence-corrected chi connectivity index (χ0v) is 17.9. The highest BCUT2D eigenvalue weighted by molar-refractivity contribution is 5.98. The van der Waals surface area contributed by atoms with E-state index in [9.17, 15) is 4.79 Å². The van der Waals surface area contributed by atoms with Crippen LogP contribution in [-0.2, 0) is 4.79 Å². The minimum atomic E-state index is -0.146. The number of benzene rings is 1. The maximum Gasteiger partial charge on any atom is 0.221 e. The zero-order valence-electron chi connectivity index (χ0n) is 17.9. The Morgan fingerprint density at radius 2 is 1.68 bits per heavy atom. The lowest BCUT2D eigenvalue weighted by molar-refractivity contribution is -0.114. The van der Waals surface area contributed by atoms with E-state index in [1.165, 1.54) is 13.3 Å². The minimum Gasteiger partial charge on any atom is -0.335 e. The van der Waals surface area contributed by atoms with Crippen molar-refractivity contribution in [3.63, 3.8) is 0 Å². The Bertz CT molecular complexity index is 1670. The number of hydrogen-bond acceptors (Lipinski definition) is 7. The summed E-state index contributed by atoms with van der Waals surface area (Å²) in [5.41, 5.74) is 7.24. The average Bonchev–Trinajstić information content (AvgIpc) is 3.48. The molecule has 10 heteroatoms. The number of nitrogens with one attached hydrogen (secondary N) is 3. The molecule has 10 nitrogen and oxygen atoms in total. The molecule has 164 valence electrons. The summed E-state index contributed by atoms with van der Waals surface area (Å²) in [6.07, 6.45) is 11.8. The third-order valence-corrected chi connectivity index (χ3v) is 5.44. The van der Waals surface area contributed by atoms with Crippen molar-refractivity contribution < 1.29 is 4.79 Å². The molecule has 0 aliphatic heterocycles. The highest BCUT2D eigenvalue weighted by atomic mass is 16.1. The second-order valence-electron chi connectivity index (χ2n) is 7.77. The summed E-state index contributed by atoms with van der Waals surface area (Å²) < 4.78 is 0. The van der Waals surface area contributed by atoms with Gasteiger partial charge in [-0.3, -0.25) is 19.9 Å². The van der Waals surface area contributed by atoms with Crippen LogP contribution in [0.4, 0.5) is 5.69 Å². The number of H-pyrrole nitrogens is 2. The second-order valence-corrected chi connectivity index (χ2v) is 7.77. The lowest BCUT2D eigenvalue weighted by Gasteiger charge is -2.06. The molecule has 5 aromatic heterocycles. The number of carbonyl (C=O) groups excluding carboxylic acids is 1. The minimum absolute atomic E-state index is 0.146. The van der Waals surface area contributed by atoms with Crippen LogP contribution in [0.15, 0.2) is 67.8 Å². The van der Waals surface area contributed by atoms with Gasteiger partial charge in [-0.25, -0.2) is 15.0 Å². The molecule has 0 bridgehead atoms. The van der Waals surface area contributed by atoms with Crippen LogP contribution in [-0.4, -0.2) is 46.0 Å². The zero-order chi connectivity index (χ0) is 23.1. The van der Waals surface area contributed by atoms with E-state index in [0.717, 1.165) is 44.2 Å². The highest BCUT2D eigenvalue weighted by Gasteiger charge is 2.16. The molecule has 0 saturated carbocycles. The number of rotatable bonds is 4. The summed E-state index contributed by atoms with van der Waals surface area (Å²) in [4.78, 5) is 36.4. The topological polar surface area (TPSA) is 138 Å². The van der Waals surface area contributed by atoms with Crippen molar-refractivity contribution in [2.24, 2.45) is 0 Å². The van der Waals surface area contributed by atoms with Crippen molar-refractivity contribution in [1.29, 1.82) is 0 Å². The number of nitrogens with zero attached hydrogens (tertiary/aromatic N) is 6. The molecule has 0 saturated heterocycles.